The first-order valence-corrected chi connectivity index (χ1v) is 5.89. The van der Waals surface area contributed by atoms with Crippen LogP contribution in [0.3, 0.4) is 0 Å². The lowest BCUT2D eigenvalue weighted by Gasteiger charge is -1.99. The van der Waals surface area contributed by atoms with Gasteiger partial charge in [-0.2, -0.15) is 0 Å². The SMILES string of the molecule is COCc1csc(NC(=O)CC2CC2)n1. The fourth-order valence-corrected chi connectivity index (χ4v) is 2.04. The normalized spacial score (nSPS) is 15.3. The maximum Gasteiger partial charge on any atom is 0.226 e. The Kier molecular flexibility index (Phi) is 3.33. The number of anilines is 1. The third-order valence-corrected chi connectivity index (χ3v) is 3.07. The number of ether oxygens (including phenoxy) is 1. The molecule has 1 aliphatic carbocycles. The fraction of sp³-hybridized carbons (Fsp3) is 0.600. The minimum atomic E-state index is 0.0795. The Morgan fingerprint density at radius 2 is 2.53 bits per heavy atom. The first kappa shape index (κ1) is 10.6. The number of thiazole rings is 1. The zero-order chi connectivity index (χ0) is 10.7. The second-order valence-electron chi connectivity index (χ2n) is 3.77. The van der Waals surface area contributed by atoms with Crippen molar-refractivity contribution in [3.05, 3.63) is 11.1 Å². The molecule has 82 valence electrons. The van der Waals surface area contributed by atoms with E-state index in [2.05, 4.69) is 10.3 Å². The third-order valence-electron chi connectivity index (χ3n) is 2.26. The van der Waals surface area contributed by atoms with Gasteiger partial charge >= 0.3 is 0 Å². The highest BCUT2D eigenvalue weighted by Crippen LogP contribution is 2.32. The predicted octanol–water partition coefficient (Wildman–Crippen LogP) is 2.03. The molecule has 0 atom stereocenters. The van der Waals surface area contributed by atoms with Crippen LogP contribution in [0.4, 0.5) is 5.13 Å². The Bertz CT molecular complexity index is 347. The number of nitrogens with zero attached hydrogens (tertiary/aromatic N) is 1. The van der Waals surface area contributed by atoms with Crippen molar-refractivity contribution in [2.45, 2.75) is 25.9 Å². The second kappa shape index (κ2) is 4.72. The van der Waals surface area contributed by atoms with Crippen molar-refractivity contribution in [3.63, 3.8) is 0 Å². The smallest absolute Gasteiger partial charge is 0.226 e. The summed E-state index contributed by atoms with van der Waals surface area (Å²) in [7, 11) is 1.63. The second-order valence-corrected chi connectivity index (χ2v) is 4.63. The van der Waals surface area contributed by atoms with Crippen LogP contribution in [0, 0.1) is 5.92 Å². The van der Waals surface area contributed by atoms with E-state index >= 15 is 0 Å². The monoisotopic (exact) mass is 226 g/mol. The van der Waals surface area contributed by atoms with Gasteiger partial charge in [-0.25, -0.2) is 4.98 Å². The van der Waals surface area contributed by atoms with Gasteiger partial charge in [0, 0.05) is 18.9 Å². The molecule has 1 aliphatic rings. The van der Waals surface area contributed by atoms with E-state index in [4.69, 9.17) is 4.74 Å². The van der Waals surface area contributed by atoms with E-state index in [0.29, 0.717) is 24.1 Å². The zero-order valence-electron chi connectivity index (χ0n) is 8.66. The minimum absolute atomic E-state index is 0.0795. The van der Waals surface area contributed by atoms with Crippen molar-refractivity contribution in [2.75, 3.05) is 12.4 Å². The molecule has 0 spiro atoms. The van der Waals surface area contributed by atoms with Crippen molar-refractivity contribution in [2.24, 2.45) is 5.92 Å². The summed E-state index contributed by atoms with van der Waals surface area (Å²) in [6.07, 6.45) is 3.03. The molecule has 1 aromatic heterocycles. The van der Waals surface area contributed by atoms with E-state index in [-0.39, 0.29) is 5.91 Å². The van der Waals surface area contributed by atoms with Gasteiger partial charge in [0.15, 0.2) is 5.13 Å². The highest BCUT2D eigenvalue weighted by Gasteiger charge is 2.24. The number of amides is 1. The lowest BCUT2D eigenvalue weighted by molar-refractivity contribution is -0.116. The number of carbonyl (C=O) groups excluding carboxylic acids is 1. The predicted molar refractivity (Wildman–Crippen MR) is 58.8 cm³/mol. The van der Waals surface area contributed by atoms with E-state index in [1.807, 2.05) is 5.38 Å². The molecule has 1 fully saturated rings. The van der Waals surface area contributed by atoms with E-state index < -0.39 is 0 Å². The van der Waals surface area contributed by atoms with Crippen LogP contribution in [0.5, 0.6) is 0 Å². The Morgan fingerprint density at radius 1 is 1.73 bits per heavy atom. The molecule has 1 amide bonds. The molecule has 0 bridgehead atoms. The number of hydrogen-bond acceptors (Lipinski definition) is 4. The van der Waals surface area contributed by atoms with E-state index in [1.54, 1.807) is 7.11 Å². The molecule has 0 aromatic carbocycles. The highest BCUT2D eigenvalue weighted by molar-refractivity contribution is 7.13. The zero-order valence-corrected chi connectivity index (χ0v) is 9.47. The van der Waals surface area contributed by atoms with E-state index in [9.17, 15) is 4.79 Å². The van der Waals surface area contributed by atoms with Gasteiger partial charge < -0.3 is 10.1 Å². The van der Waals surface area contributed by atoms with Gasteiger partial charge in [-0.3, -0.25) is 4.79 Å². The van der Waals surface area contributed by atoms with Gasteiger partial charge in [0.2, 0.25) is 5.91 Å². The standard InChI is InChI=1S/C10H14N2O2S/c1-14-5-8-6-15-10(11-8)12-9(13)4-7-2-3-7/h6-7H,2-5H2,1H3,(H,11,12,13). The van der Waals surface area contributed by atoms with Crippen LogP contribution in [0.2, 0.25) is 0 Å². The van der Waals surface area contributed by atoms with Gasteiger partial charge in [-0.1, -0.05) is 0 Å². The molecule has 0 aliphatic heterocycles. The molecular weight excluding hydrogens is 212 g/mol. The van der Waals surface area contributed by atoms with E-state index in [1.165, 1.54) is 24.2 Å². The number of methoxy groups -OCH3 is 1. The summed E-state index contributed by atoms with van der Waals surface area (Å²) in [6.45, 7) is 0.495. The molecule has 15 heavy (non-hydrogen) atoms. The Labute approximate surface area is 92.7 Å². The van der Waals surface area contributed by atoms with Gasteiger partial charge in [-0.05, 0) is 18.8 Å². The molecule has 0 radical (unpaired) electrons. The van der Waals surface area contributed by atoms with Crippen LogP contribution in [0.15, 0.2) is 5.38 Å². The maximum absolute atomic E-state index is 11.5. The molecule has 1 aromatic rings. The van der Waals surface area contributed by atoms with Crippen LogP contribution in [-0.4, -0.2) is 18.0 Å². The van der Waals surface area contributed by atoms with Crippen LogP contribution >= 0.6 is 11.3 Å². The Balaban J connectivity index is 1.83. The quantitative estimate of drug-likeness (QED) is 0.835. The molecule has 1 heterocycles. The van der Waals surface area contributed by atoms with E-state index in [0.717, 1.165) is 5.69 Å². The Hall–Kier alpha value is -0.940. The van der Waals surface area contributed by atoms with Crippen molar-refractivity contribution >= 4 is 22.4 Å². The van der Waals surface area contributed by atoms with Crippen molar-refractivity contribution < 1.29 is 9.53 Å². The first-order chi connectivity index (χ1) is 7.28. The number of rotatable bonds is 5. The van der Waals surface area contributed by atoms with Gasteiger partial charge in [0.25, 0.3) is 0 Å². The molecular formula is C10H14N2O2S. The van der Waals surface area contributed by atoms with Crippen LogP contribution < -0.4 is 5.32 Å². The topological polar surface area (TPSA) is 51.2 Å². The van der Waals surface area contributed by atoms with Gasteiger partial charge in [0.05, 0.1) is 12.3 Å². The van der Waals surface area contributed by atoms with Crippen LogP contribution in [-0.2, 0) is 16.1 Å². The minimum Gasteiger partial charge on any atom is -0.378 e. The average molecular weight is 226 g/mol. The molecule has 4 nitrogen and oxygen atoms in total. The van der Waals surface area contributed by atoms with Crippen LogP contribution in [0.25, 0.3) is 0 Å². The number of aromatic nitrogens is 1. The van der Waals surface area contributed by atoms with Crippen molar-refractivity contribution in [1.29, 1.82) is 0 Å². The van der Waals surface area contributed by atoms with Gasteiger partial charge in [-0.15, -0.1) is 11.3 Å². The lowest BCUT2D eigenvalue weighted by atomic mass is 10.3. The van der Waals surface area contributed by atoms with Crippen molar-refractivity contribution in [3.8, 4) is 0 Å². The van der Waals surface area contributed by atoms with Crippen LogP contribution in [0.1, 0.15) is 25.0 Å². The molecule has 2 rings (SSSR count). The summed E-state index contributed by atoms with van der Waals surface area (Å²) in [4.78, 5) is 15.7. The largest absolute Gasteiger partial charge is 0.378 e. The molecule has 1 saturated carbocycles. The lowest BCUT2D eigenvalue weighted by Crippen LogP contribution is -2.11. The summed E-state index contributed by atoms with van der Waals surface area (Å²) in [5.74, 6) is 0.694. The summed E-state index contributed by atoms with van der Waals surface area (Å²) >= 11 is 1.44. The molecule has 0 unspecified atom stereocenters. The first-order valence-electron chi connectivity index (χ1n) is 5.01. The highest BCUT2D eigenvalue weighted by atomic mass is 32.1. The molecule has 1 N–H and O–H groups in total. The molecule has 0 saturated heterocycles. The summed E-state index contributed by atoms with van der Waals surface area (Å²) in [5.41, 5.74) is 0.865. The number of carbonyl (C=O) groups is 1. The Morgan fingerprint density at radius 3 is 3.20 bits per heavy atom. The fourth-order valence-electron chi connectivity index (χ4n) is 1.33. The molecule has 5 heteroatoms. The third kappa shape index (κ3) is 3.28. The number of hydrogen-bond donors (Lipinski definition) is 1. The van der Waals surface area contributed by atoms with Crippen molar-refractivity contribution in [1.82, 2.24) is 4.98 Å². The summed E-state index contributed by atoms with van der Waals surface area (Å²) < 4.78 is 4.95. The van der Waals surface area contributed by atoms with Gasteiger partial charge in [0.1, 0.15) is 0 Å². The summed E-state index contributed by atoms with van der Waals surface area (Å²) in [6, 6.07) is 0. The number of nitrogens with one attached hydrogen (secondary N) is 1. The summed E-state index contributed by atoms with van der Waals surface area (Å²) in [5, 5.41) is 5.38. The maximum atomic E-state index is 11.5. The average Bonchev–Trinajstić information content (AvgIpc) is 2.88.